The van der Waals surface area contributed by atoms with Crippen LogP contribution in [0.5, 0.6) is 0 Å². The second kappa shape index (κ2) is 9.77. The number of para-hydroxylation sites is 1. The summed E-state index contributed by atoms with van der Waals surface area (Å²) in [5.41, 5.74) is 1.52. The first-order valence-corrected chi connectivity index (χ1v) is 9.12. The van der Waals surface area contributed by atoms with Crippen LogP contribution in [0.3, 0.4) is 0 Å². The van der Waals surface area contributed by atoms with Crippen molar-refractivity contribution in [2.75, 3.05) is 11.9 Å². The number of amides is 2. The molecule has 146 valence electrons. The molecule has 2 aromatic rings. The molecule has 0 saturated heterocycles. The molecule has 1 aromatic heterocycles. The number of benzene rings is 1. The van der Waals surface area contributed by atoms with E-state index in [2.05, 4.69) is 15.6 Å². The molecule has 2 heterocycles. The lowest BCUT2D eigenvalue weighted by molar-refractivity contribution is -0.125. The number of hydrogen-bond donors (Lipinski definition) is 3. The van der Waals surface area contributed by atoms with Gasteiger partial charge in [0.15, 0.2) is 0 Å². The van der Waals surface area contributed by atoms with Crippen LogP contribution in [-0.2, 0) is 20.7 Å². The van der Waals surface area contributed by atoms with Crippen LogP contribution in [0.15, 0.2) is 67.0 Å². The molecule has 28 heavy (non-hydrogen) atoms. The molecule has 2 amide bonds. The summed E-state index contributed by atoms with van der Waals surface area (Å²) < 4.78 is 5.78. The van der Waals surface area contributed by atoms with E-state index >= 15 is 0 Å². The zero-order chi connectivity index (χ0) is 19.8. The van der Waals surface area contributed by atoms with Gasteiger partial charge in [-0.05, 0) is 23.8 Å². The van der Waals surface area contributed by atoms with Gasteiger partial charge in [0.2, 0.25) is 11.8 Å². The van der Waals surface area contributed by atoms with E-state index in [1.165, 1.54) is 0 Å². The van der Waals surface area contributed by atoms with Crippen LogP contribution in [0.2, 0.25) is 0 Å². The molecule has 0 aliphatic carbocycles. The third-order valence-electron chi connectivity index (χ3n) is 4.32. The number of nitrogens with zero attached hydrogens (tertiary/aromatic N) is 1. The number of carbonyl (C=O) groups is 2. The summed E-state index contributed by atoms with van der Waals surface area (Å²) in [6, 6.07) is 12.3. The van der Waals surface area contributed by atoms with Crippen LogP contribution in [-0.4, -0.2) is 46.8 Å². The fourth-order valence-corrected chi connectivity index (χ4v) is 2.98. The van der Waals surface area contributed by atoms with Gasteiger partial charge in [-0.2, -0.15) is 0 Å². The Bertz CT molecular complexity index is 811. The van der Waals surface area contributed by atoms with Gasteiger partial charge in [-0.15, -0.1) is 0 Å². The number of rotatable bonds is 7. The van der Waals surface area contributed by atoms with Crippen LogP contribution in [0, 0.1) is 0 Å². The van der Waals surface area contributed by atoms with E-state index in [0.717, 1.165) is 5.56 Å². The molecule has 1 aliphatic rings. The van der Waals surface area contributed by atoms with E-state index in [4.69, 9.17) is 4.74 Å². The zero-order valence-corrected chi connectivity index (χ0v) is 15.3. The summed E-state index contributed by atoms with van der Waals surface area (Å²) >= 11 is 0. The molecular formula is C21H23N3O4. The minimum Gasteiger partial charge on any atom is -0.394 e. The molecule has 0 saturated carbocycles. The molecule has 0 unspecified atom stereocenters. The molecule has 3 N–H and O–H groups in total. The smallest absolute Gasteiger partial charge is 0.227 e. The molecule has 0 radical (unpaired) electrons. The second-order valence-electron chi connectivity index (χ2n) is 6.53. The van der Waals surface area contributed by atoms with Crippen molar-refractivity contribution in [1.82, 2.24) is 10.3 Å². The van der Waals surface area contributed by atoms with Gasteiger partial charge in [-0.1, -0.05) is 36.4 Å². The summed E-state index contributed by atoms with van der Waals surface area (Å²) in [6.07, 6.45) is 6.03. The zero-order valence-electron chi connectivity index (χ0n) is 15.3. The number of aliphatic hydroxyl groups is 1. The van der Waals surface area contributed by atoms with E-state index < -0.39 is 18.2 Å². The van der Waals surface area contributed by atoms with Crippen molar-refractivity contribution in [3.05, 3.63) is 72.6 Å². The van der Waals surface area contributed by atoms with Crippen LogP contribution >= 0.6 is 0 Å². The molecular weight excluding hydrogens is 358 g/mol. The SMILES string of the molecule is O=C(C[C@H]1C=C[C@H](NC(=O)Cc2cccnc2)[C@@H](CO)O1)Nc1ccccc1. The van der Waals surface area contributed by atoms with Gasteiger partial charge in [0, 0.05) is 18.1 Å². The quantitative estimate of drug-likeness (QED) is 0.631. The Hall–Kier alpha value is -3.03. The first-order valence-electron chi connectivity index (χ1n) is 9.12. The van der Waals surface area contributed by atoms with Crippen molar-refractivity contribution >= 4 is 17.5 Å². The number of carbonyl (C=O) groups excluding carboxylic acids is 2. The molecule has 0 bridgehead atoms. The standard InChI is InChI=1S/C21H23N3O4/c25-14-19-18(24-20(26)11-15-5-4-10-22-13-15)9-8-17(28-19)12-21(27)23-16-6-2-1-3-7-16/h1-10,13,17-19,25H,11-12,14H2,(H,23,27)(H,24,26)/t17-,18+,19-/m1/s1. The van der Waals surface area contributed by atoms with Gasteiger partial charge in [-0.25, -0.2) is 0 Å². The predicted octanol–water partition coefficient (Wildman–Crippen LogP) is 1.45. The molecule has 7 nitrogen and oxygen atoms in total. The van der Waals surface area contributed by atoms with E-state index in [9.17, 15) is 14.7 Å². The highest BCUT2D eigenvalue weighted by atomic mass is 16.5. The Morgan fingerprint density at radius 3 is 2.61 bits per heavy atom. The Morgan fingerprint density at radius 2 is 1.89 bits per heavy atom. The van der Waals surface area contributed by atoms with Crippen molar-refractivity contribution < 1.29 is 19.4 Å². The highest BCUT2D eigenvalue weighted by Gasteiger charge is 2.29. The number of nitrogens with one attached hydrogen (secondary N) is 2. The molecule has 0 fully saturated rings. The van der Waals surface area contributed by atoms with Crippen LogP contribution in [0.4, 0.5) is 5.69 Å². The minimum atomic E-state index is -0.614. The van der Waals surface area contributed by atoms with Crippen LogP contribution < -0.4 is 10.6 Å². The van der Waals surface area contributed by atoms with Crippen molar-refractivity contribution in [3.8, 4) is 0 Å². The Kier molecular flexibility index (Phi) is 6.89. The Balaban J connectivity index is 1.53. The Labute approximate surface area is 163 Å². The van der Waals surface area contributed by atoms with Crippen LogP contribution in [0.25, 0.3) is 0 Å². The lowest BCUT2D eigenvalue weighted by Crippen LogP contribution is -2.49. The van der Waals surface area contributed by atoms with Crippen molar-refractivity contribution in [3.63, 3.8) is 0 Å². The largest absolute Gasteiger partial charge is 0.394 e. The van der Waals surface area contributed by atoms with Gasteiger partial charge in [-0.3, -0.25) is 14.6 Å². The highest BCUT2D eigenvalue weighted by Crippen LogP contribution is 2.17. The summed E-state index contributed by atoms with van der Waals surface area (Å²) in [5, 5.41) is 15.3. The lowest BCUT2D eigenvalue weighted by Gasteiger charge is -2.31. The normalized spacial score (nSPS) is 21.1. The molecule has 3 rings (SSSR count). The van der Waals surface area contributed by atoms with Gasteiger partial charge in [0.05, 0.1) is 31.6 Å². The number of aromatic nitrogens is 1. The maximum atomic E-state index is 12.2. The van der Waals surface area contributed by atoms with Gasteiger partial charge >= 0.3 is 0 Å². The third kappa shape index (κ3) is 5.73. The van der Waals surface area contributed by atoms with E-state index in [1.807, 2.05) is 24.3 Å². The lowest BCUT2D eigenvalue weighted by atomic mass is 10.0. The summed E-state index contributed by atoms with van der Waals surface area (Å²) in [4.78, 5) is 28.4. The molecule has 1 aromatic carbocycles. The average Bonchev–Trinajstić information content (AvgIpc) is 2.70. The number of aliphatic hydroxyl groups excluding tert-OH is 1. The van der Waals surface area contributed by atoms with E-state index in [0.29, 0.717) is 5.69 Å². The maximum absolute atomic E-state index is 12.2. The Morgan fingerprint density at radius 1 is 1.07 bits per heavy atom. The number of pyridine rings is 1. The monoisotopic (exact) mass is 381 g/mol. The average molecular weight is 381 g/mol. The molecule has 7 heteroatoms. The van der Waals surface area contributed by atoms with Gasteiger partial charge in [0.25, 0.3) is 0 Å². The molecule has 1 aliphatic heterocycles. The topological polar surface area (TPSA) is 101 Å². The first-order chi connectivity index (χ1) is 13.6. The fourth-order valence-electron chi connectivity index (χ4n) is 2.98. The summed E-state index contributed by atoms with van der Waals surface area (Å²) in [5.74, 6) is -0.374. The van der Waals surface area contributed by atoms with Crippen molar-refractivity contribution in [2.45, 2.75) is 31.1 Å². The van der Waals surface area contributed by atoms with Gasteiger partial charge < -0.3 is 20.5 Å². The number of ether oxygens (including phenoxy) is 1. The second-order valence-corrected chi connectivity index (χ2v) is 6.53. The number of anilines is 1. The molecule has 3 atom stereocenters. The highest BCUT2D eigenvalue weighted by molar-refractivity contribution is 5.91. The van der Waals surface area contributed by atoms with E-state index in [-0.39, 0.29) is 31.3 Å². The maximum Gasteiger partial charge on any atom is 0.227 e. The van der Waals surface area contributed by atoms with Gasteiger partial charge in [0.1, 0.15) is 6.10 Å². The summed E-state index contributed by atoms with van der Waals surface area (Å²) in [6.45, 7) is -0.265. The third-order valence-corrected chi connectivity index (χ3v) is 4.32. The van der Waals surface area contributed by atoms with Crippen LogP contribution in [0.1, 0.15) is 12.0 Å². The van der Waals surface area contributed by atoms with Crippen molar-refractivity contribution in [1.29, 1.82) is 0 Å². The summed E-state index contributed by atoms with van der Waals surface area (Å²) in [7, 11) is 0. The predicted molar refractivity (Wildman–Crippen MR) is 104 cm³/mol. The van der Waals surface area contributed by atoms with E-state index in [1.54, 1.807) is 42.7 Å². The molecule has 0 spiro atoms. The fraction of sp³-hybridized carbons (Fsp3) is 0.286. The first kappa shape index (κ1) is 19.7. The van der Waals surface area contributed by atoms with Crippen molar-refractivity contribution in [2.24, 2.45) is 0 Å². The number of hydrogen-bond acceptors (Lipinski definition) is 5. The minimum absolute atomic E-state index is 0.123.